The molecule has 7 nitrogen and oxygen atoms in total. The third kappa shape index (κ3) is 5.97. The molecule has 8 heteroatoms. The number of amides is 1. The van der Waals surface area contributed by atoms with Crippen molar-refractivity contribution in [2.24, 2.45) is 0 Å². The summed E-state index contributed by atoms with van der Waals surface area (Å²) >= 11 is 0. The van der Waals surface area contributed by atoms with E-state index in [-0.39, 0.29) is 13.1 Å². The maximum atomic E-state index is 12.5. The highest BCUT2D eigenvalue weighted by Gasteiger charge is 2.22. The van der Waals surface area contributed by atoms with Crippen LogP contribution in [0, 0.1) is 0 Å². The molecule has 0 bridgehead atoms. The number of hydrogen-bond acceptors (Lipinski definition) is 5. The number of carbonyl (C=O) groups excluding carboxylic acids is 1. The minimum absolute atomic E-state index is 0.0311. The lowest BCUT2D eigenvalue weighted by atomic mass is 10.2. The first-order valence-electron chi connectivity index (χ1n) is 8.43. The minimum Gasteiger partial charge on any atom is -0.496 e. The zero-order valence-corrected chi connectivity index (χ0v) is 16.5. The predicted molar refractivity (Wildman–Crippen MR) is 104 cm³/mol. The van der Waals surface area contributed by atoms with Crippen molar-refractivity contribution in [1.82, 2.24) is 4.31 Å². The molecule has 0 saturated heterocycles. The van der Waals surface area contributed by atoms with E-state index in [0.717, 1.165) is 10.6 Å². The molecule has 2 rings (SSSR count). The summed E-state index contributed by atoms with van der Waals surface area (Å²) in [7, 11) is -2.10. The molecule has 0 aromatic heterocycles. The van der Waals surface area contributed by atoms with Crippen LogP contribution in [-0.2, 0) is 21.4 Å². The monoisotopic (exact) mass is 392 g/mol. The van der Waals surface area contributed by atoms with Crippen LogP contribution in [0.25, 0.3) is 0 Å². The van der Waals surface area contributed by atoms with Crippen molar-refractivity contribution in [2.75, 3.05) is 31.8 Å². The van der Waals surface area contributed by atoms with Gasteiger partial charge in [-0.2, -0.15) is 4.31 Å². The van der Waals surface area contributed by atoms with Gasteiger partial charge in [0.05, 0.1) is 32.2 Å². The molecule has 0 fully saturated rings. The molecule has 0 radical (unpaired) electrons. The number of carbonyl (C=O) groups is 1. The largest absolute Gasteiger partial charge is 0.496 e. The molecule has 2 aromatic carbocycles. The number of methoxy groups -OCH3 is 1. The van der Waals surface area contributed by atoms with E-state index < -0.39 is 15.9 Å². The van der Waals surface area contributed by atoms with Gasteiger partial charge in [0.15, 0.2) is 0 Å². The van der Waals surface area contributed by atoms with Crippen LogP contribution in [0.2, 0.25) is 0 Å². The Labute approximate surface area is 160 Å². The van der Waals surface area contributed by atoms with Gasteiger partial charge in [-0.05, 0) is 25.1 Å². The van der Waals surface area contributed by atoms with Gasteiger partial charge in [-0.1, -0.05) is 30.3 Å². The summed E-state index contributed by atoms with van der Waals surface area (Å²) in [6, 6.07) is 14.1. The van der Waals surface area contributed by atoms with Gasteiger partial charge in [0, 0.05) is 12.1 Å². The van der Waals surface area contributed by atoms with Crippen LogP contribution in [0.15, 0.2) is 48.5 Å². The first-order chi connectivity index (χ1) is 12.8. The van der Waals surface area contributed by atoms with E-state index in [0.29, 0.717) is 29.4 Å². The molecule has 0 heterocycles. The second-order valence-electron chi connectivity index (χ2n) is 5.82. The number of sulfonamides is 1. The quantitative estimate of drug-likeness (QED) is 0.709. The van der Waals surface area contributed by atoms with Crippen molar-refractivity contribution in [3.05, 3.63) is 54.1 Å². The summed E-state index contributed by atoms with van der Waals surface area (Å²) in [4.78, 5) is 12.5. The molecule has 0 spiro atoms. The van der Waals surface area contributed by atoms with Crippen LogP contribution in [0.4, 0.5) is 5.69 Å². The summed E-state index contributed by atoms with van der Waals surface area (Å²) < 4.78 is 36.2. The number of nitrogens with zero attached hydrogens (tertiary/aromatic N) is 1. The highest BCUT2D eigenvalue weighted by atomic mass is 32.2. The Bertz CT molecular complexity index is 883. The van der Waals surface area contributed by atoms with Crippen LogP contribution in [-0.4, -0.2) is 45.1 Å². The lowest BCUT2D eigenvalue weighted by Crippen LogP contribution is -2.37. The van der Waals surface area contributed by atoms with E-state index in [1.54, 1.807) is 48.5 Å². The predicted octanol–water partition coefficient (Wildman–Crippen LogP) is 2.49. The van der Waals surface area contributed by atoms with Crippen molar-refractivity contribution in [1.29, 1.82) is 0 Å². The van der Waals surface area contributed by atoms with Crippen LogP contribution in [0.5, 0.6) is 11.5 Å². The van der Waals surface area contributed by atoms with E-state index in [1.807, 2.05) is 6.92 Å². The van der Waals surface area contributed by atoms with Crippen molar-refractivity contribution in [3.63, 3.8) is 0 Å². The van der Waals surface area contributed by atoms with Crippen LogP contribution in [0.1, 0.15) is 12.5 Å². The van der Waals surface area contributed by atoms with Gasteiger partial charge in [0.1, 0.15) is 11.5 Å². The molecule has 0 atom stereocenters. The van der Waals surface area contributed by atoms with E-state index in [9.17, 15) is 13.2 Å². The summed E-state index contributed by atoms with van der Waals surface area (Å²) in [6.45, 7) is 2.01. The Hall–Kier alpha value is -2.58. The number of ether oxygens (including phenoxy) is 2. The number of nitrogens with one attached hydrogen (secondary N) is 1. The zero-order valence-electron chi connectivity index (χ0n) is 15.6. The molecule has 1 amide bonds. The Morgan fingerprint density at radius 2 is 1.70 bits per heavy atom. The third-order valence-corrected chi connectivity index (χ3v) is 4.99. The van der Waals surface area contributed by atoms with E-state index >= 15 is 0 Å². The third-order valence-electron chi connectivity index (χ3n) is 3.79. The molecule has 0 saturated carbocycles. The number of anilines is 1. The lowest BCUT2D eigenvalue weighted by molar-refractivity contribution is -0.116. The zero-order chi connectivity index (χ0) is 19.9. The van der Waals surface area contributed by atoms with Crippen LogP contribution in [0.3, 0.4) is 0 Å². The van der Waals surface area contributed by atoms with Crippen molar-refractivity contribution >= 4 is 21.6 Å². The molecular weight excluding hydrogens is 368 g/mol. The number of rotatable bonds is 9. The Kier molecular flexibility index (Phi) is 7.20. The maximum Gasteiger partial charge on any atom is 0.239 e. The van der Waals surface area contributed by atoms with E-state index in [2.05, 4.69) is 5.32 Å². The molecule has 0 aliphatic rings. The smallest absolute Gasteiger partial charge is 0.239 e. The SMILES string of the molecule is CCOc1ccccc1NC(=O)CN(Cc1ccccc1OC)S(C)(=O)=O. The Morgan fingerprint density at radius 3 is 2.33 bits per heavy atom. The molecule has 1 N–H and O–H groups in total. The van der Waals surface area contributed by atoms with Gasteiger partial charge >= 0.3 is 0 Å². The molecule has 2 aromatic rings. The van der Waals surface area contributed by atoms with Crippen LogP contribution < -0.4 is 14.8 Å². The van der Waals surface area contributed by atoms with Gasteiger partial charge in [-0.25, -0.2) is 8.42 Å². The number of para-hydroxylation sites is 3. The van der Waals surface area contributed by atoms with Crippen molar-refractivity contribution in [3.8, 4) is 11.5 Å². The number of hydrogen-bond donors (Lipinski definition) is 1. The highest BCUT2D eigenvalue weighted by molar-refractivity contribution is 7.88. The second-order valence-corrected chi connectivity index (χ2v) is 7.80. The first-order valence-corrected chi connectivity index (χ1v) is 10.3. The van der Waals surface area contributed by atoms with Crippen molar-refractivity contribution < 1.29 is 22.7 Å². The van der Waals surface area contributed by atoms with E-state index in [4.69, 9.17) is 9.47 Å². The van der Waals surface area contributed by atoms with Gasteiger partial charge in [-0.15, -0.1) is 0 Å². The fourth-order valence-electron chi connectivity index (χ4n) is 2.52. The molecular formula is C19H24N2O5S. The molecule has 0 unspecified atom stereocenters. The van der Waals surface area contributed by atoms with Gasteiger partial charge in [0.25, 0.3) is 0 Å². The molecule has 0 aliphatic heterocycles. The molecule has 27 heavy (non-hydrogen) atoms. The summed E-state index contributed by atoms with van der Waals surface area (Å²) in [5.41, 5.74) is 1.17. The fourth-order valence-corrected chi connectivity index (χ4v) is 3.24. The summed E-state index contributed by atoms with van der Waals surface area (Å²) in [6.07, 6.45) is 1.07. The lowest BCUT2D eigenvalue weighted by Gasteiger charge is -2.21. The average molecular weight is 392 g/mol. The summed E-state index contributed by atoms with van der Waals surface area (Å²) in [5, 5.41) is 2.71. The number of benzene rings is 2. The van der Waals surface area contributed by atoms with Gasteiger partial charge in [-0.3, -0.25) is 4.79 Å². The highest BCUT2D eigenvalue weighted by Crippen LogP contribution is 2.24. The molecule has 146 valence electrons. The summed E-state index contributed by atoms with van der Waals surface area (Å²) in [5.74, 6) is 0.639. The molecule has 0 aliphatic carbocycles. The Balaban J connectivity index is 2.16. The first kappa shape index (κ1) is 20.7. The Morgan fingerprint density at radius 1 is 1.07 bits per heavy atom. The van der Waals surface area contributed by atoms with Crippen molar-refractivity contribution in [2.45, 2.75) is 13.5 Å². The average Bonchev–Trinajstić information content (AvgIpc) is 2.62. The standard InChI is InChI=1S/C19H24N2O5S/c1-4-26-18-12-8-6-10-16(18)20-19(22)14-21(27(3,23)24)13-15-9-5-7-11-17(15)25-2/h5-12H,4,13-14H2,1-3H3,(H,20,22). The van der Waals surface area contributed by atoms with Crippen LogP contribution >= 0.6 is 0 Å². The topological polar surface area (TPSA) is 84.9 Å². The minimum atomic E-state index is -3.61. The van der Waals surface area contributed by atoms with E-state index in [1.165, 1.54) is 7.11 Å². The van der Waals surface area contributed by atoms with Gasteiger partial charge < -0.3 is 14.8 Å². The fraction of sp³-hybridized carbons (Fsp3) is 0.316. The second kappa shape index (κ2) is 9.38. The normalized spacial score (nSPS) is 11.3. The van der Waals surface area contributed by atoms with Gasteiger partial charge in [0.2, 0.25) is 15.9 Å². The maximum absolute atomic E-state index is 12.5.